The number of aromatic nitrogens is 1. The Bertz CT molecular complexity index is 882. The van der Waals surface area contributed by atoms with Crippen LogP contribution < -0.4 is 5.32 Å². The van der Waals surface area contributed by atoms with E-state index in [0.29, 0.717) is 22.7 Å². The molecule has 0 bridgehead atoms. The fourth-order valence-electron chi connectivity index (χ4n) is 2.94. The van der Waals surface area contributed by atoms with Gasteiger partial charge in [-0.15, -0.1) is 0 Å². The van der Waals surface area contributed by atoms with Gasteiger partial charge in [0.2, 0.25) is 0 Å². The van der Waals surface area contributed by atoms with Crippen molar-refractivity contribution in [2.45, 2.75) is 45.4 Å². The number of para-hydroxylation sites is 1. The van der Waals surface area contributed by atoms with E-state index in [-0.39, 0.29) is 11.7 Å². The summed E-state index contributed by atoms with van der Waals surface area (Å²) in [6.07, 6.45) is 6.22. The molecule has 3 rings (SSSR count). The predicted octanol–water partition coefficient (Wildman–Crippen LogP) is 6.09. The lowest BCUT2D eigenvalue weighted by Gasteiger charge is -2.04. The third-order valence-electron chi connectivity index (χ3n) is 4.49. The van der Waals surface area contributed by atoms with Crippen molar-refractivity contribution < 1.29 is 9.59 Å². The molecule has 27 heavy (non-hydrogen) atoms. The van der Waals surface area contributed by atoms with Gasteiger partial charge in [0, 0.05) is 17.5 Å². The van der Waals surface area contributed by atoms with Crippen LogP contribution in [0.3, 0.4) is 0 Å². The minimum atomic E-state index is -0.215. The van der Waals surface area contributed by atoms with Crippen LogP contribution in [0, 0.1) is 0 Å². The van der Waals surface area contributed by atoms with Crippen molar-refractivity contribution in [3.05, 3.63) is 59.7 Å². The molecule has 1 heterocycles. The maximum absolute atomic E-state index is 12.4. The quantitative estimate of drug-likeness (QED) is 0.361. The molecule has 0 saturated heterocycles. The summed E-state index contributed by atoms with van der Waals surface area (Å²) in [5.74, 6) is -0.0720. The molecule has 2 aromatic carbocycles. The minimum Gasteiger partial charge on any atom is -0.298 e. The Labute approximate surface area is 163 Å². The molecule has 5 heteroatoms. The summed E-state index contributed by atoms with van der Waals surface area (Å²) < 4.78 is 1.03. The van der Waals surface area contributed by atoms with E-state index in [1.807, 2.05) is 24.3 Å². The summed E-state index contributed by atoms with van der Waals surface area (Å²) in [6, 6.07) is 14.7. The standard InChI is InChI=1S/C22H24N2O2S/c1-2-3-4-5-6-10-19(25)16-12-14-17(15-13-16)21(26)24-22-23-18-9-7-8-11-20(18)27-22/h7-9,11-15H,2-6,10H2,1H3,(H,23,24,26). The predicted molar refractivity (Wildman–Crippen MR) is 112 cm³/mol. The fourth-order valence-corrected chi connectivity index (χ4v) is 3.80. The first-order chi connectivity index (χ1) is 13.2. The average molecular weight is 381 g/mol. The molecule has 3 aromatic rings. The second kappa shape index (κ2) is 9.42. The fraction of sp³-hybridized carbons (Fsp3) is 0.318. The van der Waals surface area contributed by atoms with Crippen LogP contribution in [0.25, 0.3) is 10.2 Å². The molecule has 140 valence electrons. The van der Waals surface area contributed by atoms with Crippen molar-refractivity contribution in [3.8, 4) is 0 Å². The van der Waals surface area contributed by atoms with E-state index in [1.165, 1.54) is 30.6 Å². The number of unbranched alkanes of at least 4 members (excludes halogenated alkanes) is 4. The molecule has 0 spiro atoms. The maximum atomic E-state index is 12.4. The number of amides is 1. The van der Waals surface area contributed by atoms with Gasteiger partial charge in [-0.1, -0.05) is 68.2 Å². The second-order valence-corrected chi connectivity index (χ2v) is 7.64. The van der Waals surface area contributed by atoms with Crippen LogP contribution in [0.4, 0.5) is 5.13 Å². The van der Waals surface area contributed by atoms with Gasteiger partial charge >= 0.3 is 0 Å². The normalized spacial score (nSPS) is 10.9. The molecule has 0 aliphatic rings. The van der Waals surface area contributed by atoms with Gasteiger partial charge in [-0.2, -0.15) is 0 Å². The van der Waals surface area contributed by atoms with E-state index in [2.05, 4.69) is 17.2 Å². The van der Waals surface area contributed by atoms with E-state index < -0.39 is 0 Å². The largest absolute Gasteiger partial charge is 0.298 e. The van der Waals surface area contributed by atoms with Crippen LogP contribution in [0.5, 0.6) is 0 Å². The Balaban J connectivity index is 1.56. The Morgan fingerprint density at radius 1 is 0.926 bits per heavy atom. The van der Waals surface area contributed by atoms with Crippen LogP contribution in [0.2, 0.25) is 0 Å². The summed E-state index contributed by atoms with van der Waals surface area (Å²) in [5, 5.41) is 3.41. The number of fused-ring (bicyclic) bond motifs is 1. The van der Waals surface area contributed by atoms with Crippen LogP contribution in [-0.2, 0) is 0 Å². The van der Waals surface area contributed by atoms with E-state index >= 15 is 0 Å². The number of benzene rings is 2. The van der Waals surface area contributed by atoms with Gasteiger partial charge in [0.25, 0.3) is 5.91 Å². The molecule has 4 nitrogen and oxygen atoms in total. The Hall–Kier alpha value is -2.53. The number of thiazole rings is 1. The monoisotopic (exact) mass is 380 g/mol. The third-order valence-corrected chi connectivity index (χ3v) is 5.44. The number of carbonyl (C=O) groups excluding carboxylic acids is 2. The van der Waals surface area contributed by atoms with Crippen molar-refractivity contribution in [1.82, 2.24) is 4.98 Å². The zero-order valence-electron chi connectivity index (χ0n) is 15.5. The Morgan fingerprint density at radius 2 is 1.63 bits per heavy atom. The van der Waals surface area contributed by atoms with Crippen LogP contribution in [0.15, 0.2) is 48.5 Å². The van der Waals surface area contributed by atoms with E-state index in [0.717, 1.165) is 23.1 Å². The van der Waals surface area contributed by atoms with Gasteiger partial charge in [-0.05, 0) is 30.7 Å². The molecule has 0 radical (unpaired) electrons. The molecule has 0 atom stereocenters. The number of carbonyl (C=O) groups is 2. The molecule has 1 aromatic heterocycles. The second-order valence-electron chi connectivity index (χ2n) is 6.61. The van der Waals surface area contributed by atoms with E-state index in [9.17, 15) is 9.59 Å². The van der Waals surface area contributed by atoms with Crippen LogP contribution in [-0.4, -0.2) is 16.7 Å². The zero-order valence-corrected chi connectivity index (χ0v) is 16.3. The number of nitrogens with one attached hydrogen (secondary N) is 1. The lowest BCUT2D eigenvalue weighted by molar-refractivity contribution is 0.0976. The van der Waals surface area contributed by atoms with Crippen molar-refractivity contribution in [2.24, 2.45) is 0 Å². The average Bonchev–Trinajstić information content (AvgIpc) is 3.10. The summed E-state index contributed by atoms with van der Waals surface area (Å²) >= 11 is 1.45. The Morgan fingerprint density at radius 3 is 2.37 bits per heavy atom. The van der Waals surface area contributed by atoms with Gasteiger partial charge in [-0.3, -0.25) is 14.9 Å². The Kier molecular flexibility index (Phi) is 6.71. The van der Waals surface area contributed by atoms with E-state index in [1.54, 1.807) is 24.3 Å². The van der Waals surface area contributed by atoms with Crippen molar-refractivity contribution in [1.29, 1.82) is 0 Å². The lowest BCUT2D eigenvalue weighted by atomic mass is 10.0. The van der Waals surface area contributed by atoms with Crippen molar-refractivity contribution in [3.63, 3.8) is 0 Å². The molecule has 0 unspecified atom stereocenters. The van der Waals surface area contributed by atoms with Crippen LogP contribution >= 0.6 is 11.3 Å². The van der Waals surface area contributed by atoms with Gasteiger partial charge in [-0.25, -0.2) is 4.98 Å². The number of ketones is 1. The first kappa shape index (κ1) is 19.2. The highest BCUT2D eigenvalue weighted by molar-refractivity contribution is 7.22. The highest BCUT2D eigenvalue weighted by atomic mass is 32.1. The van der Waals surface area contributed by atoms with Gasteiger partial charge < -0.3 is 0 Å². The van der Waals surface area contributed by atoms with Gasteiger partial charge in [0.15, 0.2) is 10.9 Å². The number of rotatable bonds is 9. The first-order valence-corrected chi connectivity index (χ1v) is 10.3. The number of nitrogens with zero attached hydrogens (tertiary/aromatic N) is 1. The van der Waals surface area contributed by atoms with E-state index in [4.69, 9.17) is 0 Å². The highest BCUT2D eigenvalue weighted by Crippen LogP contribution is 2.25. The van der Waals surface area contributed by atoms with Crippen molar-refractivity contribution >= 4 is 38.4 Å². The molecule has 0 aliphatic heterocycles. The third kappa shape index (κ3) is 5.23. The van der Waals surface area contributed by atoms with Crippen molar-refractivity contribution in [2.75, 3.05) is 5.32 Å². The molecule has 1 amide bonds. The molecule has 1 N–H and O–H groups in total. The zero-order chi connectivity index (χ0) is 19.1. The SMILES string of the molecule is CCCCCCCC(=O)c1ccc(C(=O)Nc2nc3ccccc3s2)cc1. The number of hydrogen-bond donors (Lipinski definition) is 1. The van der Waals surface area contributed by atoms with Crippen LogP contribution in [0.1, 0.15) is 66.2 Å². The summed E-state index contributed by atoms with van der Waals surface area (Å²) in [5.41, 5.74) is 2.06. The van der Waals surface area contributed by atoms with Gasteiger partial charge in [0.05, 0.1) is 10.2 Å². The summed E-state index contributed by atoms with van der Waals surface area (Å²) in [7, 11) is 0. The summed E-state index contributed by atoms with van der Waals surface area (Å²) in [4.78, 5) is 29.1. The smallest absolute Gasteiger partial charge is 0.257 e. The lowest BCUT2D eigenvalue weighted by Crippen LogP contribution is -2.12. The molecule has 0 fully saturated rings. The van der Waals surface area contributed by atoms with Gasteiger partial charge in [0.1, 0.15) is 0 Å². The number of Topliss-reactive ketones (excluding diaryl/α,β-unsaturated/α-hetero) is 1. The first-order valence-electron chi connectivity index (χ1n) is 9.47. The minimum absolute atomic E-state index is 0.143. The summed E-state index contributed by atoms with van der Waals surface area (Å²) in [6.45, 7) is 2.18. The molecular formula is C22H24N2O2S. The maximum Gasteiger partial charge on any atom is 0.257 e. The number of anilines is 1. The molecular weight excluding hydrogens is 356 g/mol. The molecule has 0 saturated carbocycles. The topological polar surface area (TPSA) is 59.1 Å². The molecule has 0 aliphatic carbocycles. The highest BCUT2D eigenvalue weighted by Gasteiger charge is 2.11. The number of hydrogen-bond acceptors (Lipinski definition) is 4.